The van der Waals surface area contributed by atoms with Crippen LogP contribution in [0.5, 0.6) is 6.01 Å². The van der Waals surface area contributed by atoms with E-state index in [-0.39, 0.29) is 5.82 Å². The molecule has 2 aromatic carbocycles. The molecule has 0 aliphatic carbocycles. The Kier molecular flexibility index (Phi) is 7.11. The highest BCUT2D eigenvalue weighted by molar-refractivity contribution is 5.94. The molecule has 196 valence electrons. The Balaban J connectivity index is 1.34. The van der Waals surface area contributed by atoms with E-state index in [4.69, 9.17) is 14.7 Å². The predicted octanol–water partition coefficient (Wildman–Crippen LogP) is 3.85. The first-order valence-corrected chi connectivity index (χ1v) is 13.7. The number of halogens is 1. The Morgan fingerprint density at radius 1 is 1.00 bits per heavy atom. The minimum Gasteiger partial charge on any atom is -0.463 e. The monoisotopic (exact) mass is 504 g/mol. The molecule has 1 aromatic heterocycles. The van der Waals surface area contributed by atoms with E-state index in [2.05, 4.69) is 27.1 Å². The van der Waals surface area contributed by atoms with Crippen LogP contribution in [0, 0.1) is 11.7 Å². The Bertz CT molecular complexity index is 1250. The fraction of sp³-hybridized carbons (Fsp3) is 0.517. The number of nitrogens with zero attached hydrogens (tertiary/aromatic N) is 5. The molecule has 2 saturated heterocycles. The summed E-state index contributed by atoms with van der Waals surface area (Å²) in [5.74, 6) is 1.31. The maximum atomic E-state index is 15.3. The van der Waals surface area contributed by atoms with Crippen molar-refractivity contribution in [3.05, 3.63) is 53.5 Å². The number of aromatic nitrogens is 2. The normalized spacial score (nSPS) is 21.1. The highest BCUT2D eigenvalue weighted by Gasteiger charge is 2.27. The van der Waals surface area contributed by atoms with Crippen LogP contribution >= 0.6 is 0 Å². The maximum absolute atomic E-state index is 15.3. The van der Waals surface area contributed by atoms with Gasteiger partial charge in [0.15, 0.2) is 0 Å². The van der Waals surface area contributed by atoms with Gasteiger partial charge >= 0.3 is 6.01 Å². The predicted molar refractivity (Wildman–Crippen MR) is 146 cm³/mol. The number of hydrogen-bond acceptors (Lipinski definition) is 7. The number of nitrogens with one attached hydrogen (secondary N) is 1. The molecule has 7 nitrogen and oxygen atoms in total. The Morgan fingerprint density at radius 2 is 1.86 bits per heavy atom. The van der Waals surface area contributed by atoms with Crippen LogP contribution in [-0.4, -0.2) is 74.3 Å². The number of rotatable bonds is 5. The van der Waals surface area contributed by atoms with E-state index in [0.717, 1.165) is 80.9 Å². The van der Waals surface area contributed by atoms with Crippen molar-refractivity contribution in [2.45, 2.75) is 32.2 Å². The average molecular weight is 505 g/mol. The van der Waals surface area contributed by atoms with E-state index < -0.39 is 0 Å². The van der Waals surface area contributed by atoms with E-state index in [9.17, 15) is 0 Å². The Labute approximate surface area is 218 Å². The molecule has 3 aliphatic rings. The quantitative estimate of drug-likeness (QED) is 0.566. The van der Waals surface area contributed by atoms with Gasteiger partial charge in [0.1, 0.15) is 11.6 Å². The molecule has 37 heavy (non-hydrogen) atoms. The molecule has 3 aliphatic heterocycles. The summed E-state index contributed by atoms with van der Waals surface area (Å²) in [6.07, 6.45) is 4.18. The van der Waals surface area contributed by atoms with Crippen LogP contribution in [-0.2, 0) is 13.0 Å². The highest BCUT2D eigenvalue weighted by Crippen LogP contribution is 2.35. The SMILES string of the molecule is CN1CCC[C@@H](COc2nc3c(c(N4CCNCC4)n2)CCCN(c2c(F)ccc4ccccc24)C3)C1. The van der Waals surface area contributed by atoms with E-state index in [0.29, 0.717) is 30.8 Å². The summed E-state index contributed by atoms with van der Waals surface area (Å²) < 4.78 is 21.6. The molecule has 0 bridgehead atoms. The van der Waals surface area contributed by atoms with E-state index in [1.807, 2.05) is 30.3 Å². The minimum absolute atomic E-state index is 0.184. The molecule has 1 atom stereocenters. The van der Waals surface area contributed by atoms with Crippen LogP contribution < -0.4 is 19.9 Å². The summed E-state index contributed by atoms with van der Waals surface area (Å²) in [7, 11) is 2.18. The molecule has 6 rings (SSSR count). The van der Waals surface area contributed by atoms with E-state index >= 15 is 4.39 Å². The molecule has 1 N–H and O–H groups in total. The molecule has 3 aromatic rings. The lowest BCUT2D eigenvalue weighted by atomic mass is 10.00. The van der Waals surface area contributed by atoms with Crippen molar-refractivity contribution in [1.29, 1.82) is 0 Å². The smallest absolute Gasteiger partial charge is 0.318 e. The number of likely N-dealkylation sites (tertiary alicyclic amines) is 1. The van der Waals surface area contributed by atoms with E-state index in [1.165, 1.54) is 18.4 Å². The molecule has 0 radical (unpaired) electrons. The van der Waals surface area contributed by atoms with Gasteiger partial charge in [-0.05, 0) is 50.7 Å². The largest absolute Gasteiger partial charge is 0.463 e. The van der Waals surface area contributed by atoms with Gasteiger partial charge < -0.3 is 24.8 Å². The number of anilines is 2. The van der Waals surface area contributed by atoms with Gasteiger partial charge in [-0.15, -0.1) is 0 Å². The molecular weight excluding hydrogens is 467 g/mol. The van der Waals surface area contributed by atoms with Crippen molar-refractivity contribution in [1.82, 2.24) is 20.2 Å². The lowest BCUT2D eigenvalue weighted by molar-refractivity contribution is 0.144. The molecule has 0 unspecified atom stereocenters. The van der Waals surface area contributed by atoms with Gasteiger partial charge in [0, 0.05) is 56.1 Å². The number of piperidine rings is 1. The molecule has 0 spiro atoms. The van der Waals surface area contributed by atoms with Crippen molar-refractivity contribution in [2.75, 3.05) is 69.3 Å². The fourth-order valence-electron chi connectivity index (χ4n) is 6.13. The zero-order valence-corrected chi connectivity index (χ0v) is 21.8. The second-order valence-electron chi connectivity index (χ2n) is 10.7. The van der Waals surface area contributed by atoms with Crippen LogP contribution in [0.25, 0.3) is 10.8 Å². The number of ether oxygens (including phenoxy) is 1. The third kappa shape index (κ3) is 5.22. The topological polar surface area (TPSA) is 56.8 Å². The second kappa shape index (κ2) is 10.8. The summed E-state index contributed by atoms with van der Waals surface area (Å²) >= 11 is 0. The third-order valence-corrected chi connectivity index (χ3v) is 8.00. The van der Waals surface area contributed by atoms with Crippen LogP contribution in [0.2, 0.25) is 0 Å². The van der Waals surface area contributed by atoms with Crippen molar-refractivity contribution in [2.24, 2.45) is 5.92 Å². The summed E-state index contributed by atoms with van der Waals surface area (Å²) in [6.45, 7) is 7.86. The summed E-state index contributed by atoms with van der Waals surface area (Å²) in [5, 5.41) is 5.44. The van der Waals surface area contributed by atoms with Gasteiger partial charge in [0.25, 0.3) is 0 Å². The van der Waals surface area contributed by atoms with Crippen molar-refractivity contribution in [3.63, 3.8) is 0 Å². The molecular formula is C29H37FN6O. The lowest BCUT2D eigenvalue weighted by Crippen LogP contribution is -2.44. The first-order chi connectivity index (χ1) is 18.2. The third-order valence-electron chi connectivity index (χ3n) is 8.00. The molecule has 0 amide bonds. The van der Waals surface area contributed by atoms with Gasteiger partial charge in [0.2, 0.25) is 0 Å². The minimum atomic E-state index is -0.184. The number of hydrogen-bond donors (Lipinski definition) is 1. The van der Waals surface area contributed by atoms with Gasteiger partial charge in [-0.25, -0.2) is 4.39 Å². The van der Waals surface area contributed by atoms with Crippen molar-refractivity contribution >= 4 is 22.3 Å². The van der Waals surface area contributed by atoms with Gasteiger partial charge in [-0.1, -0.05) is 30.3 Å². The van der Waals surface area contributed by atoms with Crippen LogP contribution in [0.4, 0.5) is 15.9 Å². The fourth-order valence-corrected chi connectivity index (χ4v) is 6.13. The second-order valence-corrected chi connectivity index (χ2v) is 10.7. The summed E-state index contributed by atoms with van der Waals surface area (Å²) in [4.78, 5) is 16.8. The Hall–Kier alpha value is -2.97. The Morgan fingerprint density at radius 3 is 2.73 bits per heavy atom. The van der Waals surface area contributed by atoms with E-state index in [1.54, 1.807) is 6.07 Å². The standard InChI is InChI=1S/C29H37FN6O/c1-34-14-4-6-21(18-34)20-37-29-32-26-19-36(27-23-8-3-2-7-22(23)10-11-25(27)30)15-5-9-24(26)28(33-29)35-16-12-31-13-17-35/h2-3,7-8,10-11,21,31H,4-6,9,12-20H2,1H3/t21-/m1/s1. The highest BCUT2D eigenvalue weighted by atomic mass is 19.1. The molecule has 4 heterocycles. The van der Waals surface area contributed by atoms with Gasteiger partial charge in [-0.2, -0.15) is 9.97 Å². The zero-order valence-electron chi connectivity index (χ0n) is 21.8. The number of piperazine rings is 1. The average Bonchev–Trinajstić information content (AvgIpc) is 3.14. The summed E-state index contributed by atoms with van der Waals surface area (Å²) in [6, 6.07) is 12.0. The molecule has 8 heteroatoms. The molecule has 0 saturated carbocycles. The van der Waals surface area contributed by atoms with Gasteiger partial charge in [0.05, 0.1) is 24.5 Å². The first kappa shape index (κ1) is 24.4. The lowest BCUT2D eigenvalue weighted by Gasteiger charge is -2.31. The van der Waals surface area contributed by atoms with Gasteiger partial charge in [-0.3, -0.25) is 0 Å². The van der Waals surface area contributed by atoms with Crippen molar-refractivity contribution in [3.8, 4) is 6.01 Å². The number of fused-ring (bicyclic) bond motifs is 2. The summed E-state index contributed by atoms with van der Waals surface area (Å²) in [5.41, 5.74) is 2.82. The maximum Gasteiger partial charge on any atom is 0.318 e. The zero-order chi connectivity index (χ0) is 25.2. The van der Waals surface area contributed by atoms with Crippen LogP contribution in [0.1, 0.15) is 30.5 Å². The van der Waals surface area contributed by atoms with Crippen LogP contribution in [0.3, 0.4) is 0 Å². The number of benzene rings is 2. The van der Waals surface area contributed by atoms with Crippen LogP contribution in [0.15, 0.2) is 36.4 Å². The molecule has 2 fully saturated rings. The first-order valence-electron chi connectivity index (χ1n) is 13.7. The van der Waals surface area contributed by atoms with Crippen molar-refractivity contribution < 1.29 is 9.13 Å².